The highest BCUT2D eigenvalue weighted by atomic mass is 16.3. The molecule has 15 heavy (non-hydrogen) atoms. The van der Waals surface area contributed by atoms with Gasteiger partial charge in [-0.3, -0.25) is 0 Å². The van der Waals surface area contributed by atoms with Gasteiger partial charge in [0.15, 0.2) is 0 Å². The normalized spacial score (nSPS) is 10.1. The summed E-state index contributed by atoms with van der Waals surface area (Å²) in [6.07, 6.45) is 1.65. The molecule has 1 heteroatoms. The van der Waals surface area contributed by atoms with Gasteiger partial charge in [-0.25, -0.2) is 0 Å². The maximum Gasteiger partial charge on any atom is 0.124 e. The minimum Gasteiger partial charge on any atom is -0.507 e. The maximum absolute atomic E-state index is 9.80. The van der Waals surface area contributed by atoms with E-state index in [1.165, 1.54) is 0 Å². The first-order valence-electron chi connectivity index (χ1n) is 4.76. The zero-order valence-electron chi connectivity index (χ0n) is 8.40. The standard InChI is InChI=1S/C14H12O/c1-3-10(2)14-12-7-5-4-6-11(12)8-9-13(14)15/h3-9,15H,1-2H2. The Kier molecular flexibility index (Phi) is 2.30. The summed E-state index contributed by atoms with van der Waals surface area (Å²) in [5.74, 6) is 0.249. The number of hydrogen-bond donors (Lipinski definition) is 1. The van der Waals surface area contributed by atoms with Crippen molar-refractivity contribution in [2.45, 2.75) is 0 Å². The molecule has 0 aliphatic carbocycles. The monoisotopic (exact) mass is 196 g/mol. The van der Waals surface area contributed by atoms with Gasteiger partial charge in [-0.15, -0.1) is 0 Å². The lowest BCUT2D eigenvalue weighted by molar-refractivity contribution is 0.474. The van der Waals surface area contributed by atoms with E-state index >= 15 is 0 Å². The number of rotatable bonds is 2. The Labute approximate surface area is 89.0 Å². The molecule has 2 rings (SSSR count). The minimum atomic E-state index is 0.249. The number of hydrogen-bond acceptors (Lipinski definition) is 1. The second-order valence-electron chi connectivity index (χ2n) is 3.41. The molecule has 2 aromatic carbocycles. The van der Waals surface area contributed by atoms with Gasteiger partial charge in [-0.1, -0.05) is 49.6 Å². The SMILES string of the molecule is C=CC(=C)c1c(O)ccc2ccccc12. The van der Waals surface area contributed by atoms with Crippen LogP contribution in [0.15, 0.2) is 55.6 Å². The molecule has 0 aromatic heterocycles. The molecule has 1 nitrogen and oxygen atoms in total. The van der Waals surface area contributed by atoms with Gasteiger partial charge in [0.1, 0.15) is 5.75 Å². The van der Waals surface area contributed by atoms with Crippen molar-refractivity contribution in [2.24, 2.45) is 0 Å². The molecule has 0 amide bonds. The Bertz CT molecular complexity index is 538. The average Bonchev–Trinajstić information content (AvgIpc) is 2.28. The molecule has 0 fully saturated rings. The van der Waals surface area contributed by atoms with Crippen LogP contribution in [-0.2, 0) is 0 Å². The molecule has 1 N–H and O–H groups in total. The van der Waals surface area contributed by atoms with Crippen molar-refractivity contribution in [1.82, 2.24) is 0 Å². The summed E-state index contributed by atoms with van der Waals surface area (Å²) >= 11 is 0. The first-order valence-corrected chi connectivity index (χ1v) is 4.76. The predicted molar refractivity (Wildman–Crippen MR) is 64.8 cm³/mol. The van der Waals surface area contributed by atoms with Crippen LogP contribution >= 0.6 is 0 Å². The first-order chi connectivity index (χ1) is 7.24. The molecule has 0 unspecified atom stereocenters. The van der Waals surface area contributed by atoms with Gasteiger partial charge < -0.3 is 5.11 Å². The Morgan fingerprint density at radius 2 is 1.87 bits per heavy atom. The van der Waals surface area contributed by atoms with E-state index in [0.717, 1.165) is 21.9 Å². The number of fused-ring (bicyclic) bond motifs is 1. The zero-order valence-corrected chi connectivity index (χ0v) is 8.40. The zero-order chi connectivity index (χ0) is 10.8. The van der Waals surface area contributed by atoms with Crippen LogP contribution in [0, 0.1) is 0 Å². The topological polar surface area (TPSA) is 20.2 Å². The lowest BCUT2D eigenvalue weighted by Gasteiger charge is -2.08. The third kappa shape index (κ3) is 1.52. The van der Waals surface area contributed by atoms with Gasteiger partial charge in [0.2, 0.25) is 0 Å². The number of aromatic hydroxyl groups is 1. The average molecular weight is 196 g/mol. The smallest absolute Gasteiger partial charge is 0.124 e. The molecule has 0 aliphatic heterocycles. The summed E-state index contributed by atoms with van der Waals surface area (Å²) in [5, 5.41) is 11.9. The van der Waals surface area contributed by atoms with Crippen LogP contribution in [0.4, 0.5) is 0 Å². The van der Waals surface area contributed by atoms with E-state index in [2.05, 4.69) is 13.2 Å². The largest absolute Gasteiger partial charge is 0.507 e. The van der Waals surface area contributed by atoms with Crippen molar-refractivity contribution in [3.63, 3.8) is 0 Å². The molecule has 0 radical (unpaired) electrons. The van der Waals surface area contributed by atoms with Crippen LogP contribution in [0.5, 0.6) is 5.75 Å². The number of allylic oxidation sites excluding steroid dienone is 2. The van der Waals surface area contributed by atoms with Crippen LogP contribution < -0.4 is 0 Å². The summed E-state index contributed by atoms with van der Waals surface area (Å²) < 4.78 is 0. The van der Waals surface area contributed by atoms with Gasteiger partial charge in [0.25, 0.3) is 0 Å². The second kappa shape index (κ2) is 3.62. The van der Waals surface area contributed by atoms with Gasteiger partial charge in [-0.05, 0) is 22.4 Å². The third-order valence-electron chi connectivity index (χ3n) is 2.47. The molecule has 0 spiro atoms. The van der Waals surface area contributed by atoms with Crippen LogP contribution in [0.1, 0.15) is 5.56 Å². The lowest BCUT2D eigenvalue weighted by Crippen LogP contribution is -1.84. The Hall–Kier alpha value is -2.02. The van der Waals surface area contributed by atoms with E-state index in [9.17, 15) is 5.11 Å². The number of phenolic OH excluding ortho intramolecular Hbond substituents is 1. The highest BCUT2D eigenvalue weighted by Gasteiger charge is 2.07. The first kappa shape index (κ1) is 9.53. The Morgan fingerprint density at radius 1 is 1.13 bits per heavy atom. The molecular weight excluding hydrogens is 184 g/mol. The second-order valence-corrected chi connectivity index (χ2v) is 3.41. The van der Waals surface area contributed by atoms with Crippen molar-refractivity contribution in [3.05, 3.63) is 61.2 Å². The van der Waals surface area contributed by atoms with Gasteiger partial charge >= 0.3 is 0 Å². The fourth-order valence-corrected chi connectivity index (χ4v) is 1.70. The van der Waals surface area contributed by atoms with E-state index in [1.54, 1.807) is 12.1 Å². The molecule has 2 aromatic rings. The highest BCUT2D eigenvalue weighted by molar-refractivity contribution is 5.97. The van der Waals surface area contributed by atoms with E-state index in [0.29, 0.717) is 0 Å². The van der Waals surface area contributed by atoms with Crippen LogP contribution in [0.3, 0.4) is 0 Å². The molecule has 0 atom stereocenters. The molecule has 0 saturated carbocycles. The van der Waals surface area contributed by atoms with Gasteiger partial charge in [0.05, 0.1) is 0 Å². The van der Waals surface area contributed by atoms with Crippen molar-refractivity contribution >= 4 is 16.3 Å². The van der Waals surface area contributed by atoms with Crippen molar-refractivity contribution in [3.8, 4) is 5.75 Å². The van der Waals surface area contributed by atoms with Crippen molar-refractivity contribution < 1.29 is 5.11 Å². The van der Waals surface area contributed by atoms with Crippen molar-refractivity contribution in [2.75, 3.05) is 0 Å². The fraction of sp³-hybridized carbons (Fsp3) is 0. The Morgan fingerprint density at radius 3 is 2.60 bits per heavy atom. The molecule has 0 bridgehead atoms. The summed E-state index contributed by atoms with van der Waals surface area (Å²) in [4.78, 5) is 0. The molecular formula is C14H12O. The highest BCUT2D eigenvalue weighted by Crippen LogP contribution is 2.32. The number of benzene rings is 2. The summed E-state index contributed by atoms with van der Waals surface area (Å²) in [6, 6.07) is 11.5. The van der Waals surface area contributed by atoms with E-state index < -0.39 is 0 Å². The molecule has 0 heterocycles. The minimum absolute atomic E-state index is 0.249. The lowest BCUT2D eigenvalue weighted by atomic mass is 9.98. The maximum atomic E-state index is 9.80. The third-order valence-corrected chi connectivity index (χ3v) is 2.47. The van der Waals surface area contributed by atoms with Crippen LogP contribution in [0.25, 0.3) is 16.3 Å². The summed E-state index contributed by atoms with van der Waals surface area (Å²) in [6.45, 7) is 7.55. The fourth-order valence-electron chi connectivity index (χ4n) is 1.70. The Balaban J connectivity index is 2.85. The summed E-state index contributed by atoms with van der Waals surface area (Å²) in [5.41, 5.74) is 1.51. The van der Waals surface area contributed by atoms with E-state index in [1.807, 2.05) is 30.3 Å². The van der Waals surface area contributed by atoms with Gasteiger partial charge in [0, 0.05) is 5.56 Å². The number of phenols is 1. The quantitative estimate of drug-likeness (QED) is 0.725. The van der Waals surface area contributed by atoms with E-state index in [4.69, 9.17) is 0 Å². The van der Waals surface area contributed by atoms with Crippen molar-refractivity contribution in [1.29, 1.82) is 0 Å². The molecule has 0 saturated heterocycles. The predicted octanol–water partition coefficient (Wildman–Crippen LogP) is 3.74. The van der Waals surface area contributed by atoms with E-state index in [-0.39, 0.29) is 5.75 Å². The van der Waals surface area contributed by atoms with Crippen LogP contribution in [-0.4, -0.2) is 5.11 Å². The molecule has 0 aliphatic rings. The van der Waals surface area contributed by atoms with Gasteiger partial charge in [-0.2, -0.15) is 0 Å². The summed E-state index contributed by atoms with van der Waals surface area (Å²) in [7, 11) is 0. The molecule has 74 valence electrons. The van der Waals surface area contributed by atoms with Crippen LogP contribution in [0.2, 0.25) is 0 Å².